The molecule has 0 N–H and O–H groups in total. The van der Waals surface area contributed by atoms with Gasteiger partial charge < -0.3 is 14.2 Å². The highest BCUT2D eigenvalue weighted by Gasteiger charge is 2.11. The number of benzene rings is 3. The van der Waals surface area contributed by atoms with E-state index in [1.165, 1.54) is 89.0 Å². The Labute approximate surface area is 280 Å². The van der Waals surface area contributed by atoms with Crippen LogP contribution < -0.4 is 9.47 Å². The van der Waals surface area contributed by atoms with Crippen molar-refractivity contribution < 1.29 is 19.0 Å². The van der Waals surface area contributed by atoms with Gasteiger partial charge in [-0.25, -0.2) is 4.79 Å². The van der Waals surface area contributed by atoms with Gasteiger partial charge >= 0.3 is 5.97 Å². The predicted molar refractivity (Wildman–Crippen MR) is 193 cm³/mol. The van der Waals surface area contributed by atoms with Crippen molar-refractivity contribution in [3.8, 4) is 22.6 Å². The van der Waals surface area contributed by atoms with Gasteiger partial charge in [-0.2, -0.15) is 0 Å². The van der Waals surface area contributed by atoms with Gasteiger partial charge in [0.1, 0.15) is 11.5 Å². The first kappa shape index (κ1) is 37.3. The molecule has 46 heavy (non-hydrogen) atoms. The van der Waals surface area contributed by atoms with E-state index >= 15 is 0 Å². The van der Waals surface area contributed by atoms with Crippen LogP contribution in [0.5, 0.6) is 11.5 Å². The lowest BCUT2D eigenvalue weighted by Gasteiger charge is -2.14. The molecule has 3 rings (SSSR count). The second kappa shape index (κ2) is 22.4. The highest BCUT2D eigenvalue weighted by Crippen LogP contribution is 2.25. The number of hydrogen-bond donors (Lipinski definition) is 0. The monoisotopic (exact) mass is 628 g/mol. The fraction of sp³-hybridized carbons (Fsp3) is 0.548. The van der Waals surface area contributed by atoms with E-state index in [1.54, 1.807) is 12.1 Å². The van der Waals surface area contributed by atoms with Crippen LogP contribution in [0.15, 0.2) is 72.8 Å². The molecular formula is C42H60O4. The molecule has 0 bridgehead atoms. The maximum Gasteiger partial charge on any atom is 0.343 e. The van der Waals surface area contributed by atoms with Gasteiger partial charge in [0.15, 0.2) is 0 Å². The molecule has 0 aliphatic rings. The number of unbranched alkanes of at least 4 members (excludes halogenated alkanes) is 13. The molecule has 0 saturated heterocycles. The van der Waals surface area contributed by atoms with Crippen molar-refractivity contribution in [3.05, 3.63) is 83.9 Å². The van der Waals surface area contributed by atoms with Crippen LogP contribution in [0.1, 0.15) is 152 Å². The first-order chi connectivity index (χ1) is 22.5. The Bertz CT molecular complexity index is 1200. The average Bonchev–Trinajstić information content (AvgIpc) is 3.07. The van der Waals surface area contributed by atoms with Crippen molar-refractivity contribution in [2.45, 2.75) is 143 Å². The summed E-state index contributed by atoms with van der Waals surface area (Å²) in [5.41, 5.74) is 3.87. The fourth-order valence-corrected chi connectivity index (χ4v) is 5.85. The summed E-state index contributed by atoms with van der Waals surface area (Å²) in [6.45, 7) is 9.44. The molecule has 0 heterocycles. The summed E-state index contributed by atoms with van der Waals surface area (Å²) < 4.78 is 17.6. The van der Waals surface area contributed by atoms with E-state index in [2.05, 4.69) is 52.0 Å². The summed E-state index contributed by atoms with van der Waals surface area (Å²) in [4.78, 5) is 12.7. The first-order valence-corrected chi connectivity index (χ1v) is 18.3. The van der Waals surface area contributed by atoms with Crippen LogP contribution in [-0.2, 0) is 4.74 Å². The normalized spacial score (nSPS) is 12.5. The number of esters is 1. The quantitative estimate of drug-likeness (QED) is 0.0562. The van der Waals surface area contributed by atoms with Crippen LogP contribution in [0, 0.1) is 0 Å². The summed E-state index contributed by atoms with van der Waals surface area (Å²) in [5.74, 6) is 0.905. The van der Waals surface area contributed by atoms with E-state index in [0.29, 0.717) is 11.3 Å². The van der Waals surface area contributed by atoms with Gasteiger partial charge in [0.2, 0.25) is 0 Å². The molecule has 4 nitrogen and oxygen atoms in total. The summed E-state index contributed by atoms with van der Waals surface area (Å²) >= 11 is 0. The van der Waals surface area contributed by atoms with Gasteiger partial charge in [0, 0.05) is 6.61 Å². The minimum atomic E-state index is -0.375. The first-order valence-electron chi connectivity index (χ1n) is 18.3. The zero-order valence-electron chi connectivity index (χ0n) is 29.2. The zero-order chi connectivity index (χ0) is 32.8. The fourth-order valence-electron chi connectivity index (χ4n) is 5.85. The van der Waals surface area contributed by atoms with Gasteiger partial charge in [-0.05, 0) is 79.8 Å². The van der Waals surface area contributed by atoms with Gasteiger partial charge in [-0.15, -0.1) is 0 Å². The standard InChI is InChI=1S/C42H60O4/c1-5-7-8-9-10-11-12-13-14-15-16-17-18-19-33-44-35(4)36-21-23-37(24-22-36)38-25-27-39(28-26-38)42(43)46-41-31-29-40(30-32-41)45-34(3)20-6-2/h21-32,34-35H,5-20,33H2,1-4H3. The molecule has 0 fully saturated rings. The molecule has 0 radical (unpaired) electrons. The zero-order valence-corrected chi connectivity index (χ0v) is 29.2. The van der Waals surface area contributed by atoms with Gasteiger partial charge in [-0.3, -0.25) is 0 Å². The van der Waals surface area contributed by atoms with E-state index in [1.807, 2.05) is 36.4 Å². The van der Waals surface area contributed by atoms with Crippen molar-refractivity contribution in [1.82, 2.24) is 0 Å². The third-order valence-electron chi connectivity index (χ3n) is 8.77. The van der Waals surface area contributed by atoms with Crippen molar-refractivity contribution in [2.75, 3.05) is 6.61 Å². The Morgan fingerprint density at radius 2 is 1.04 bits per heavy atom. The molecular weight excluding hydrogens is 568 g/mol. The summed E-state index contributed by atoms with van der Waals surface area (Å²) in [6.07, 6.45) is 21.5. The molecule has 0 aromatic heterocycles. The molecule has 2 unspecified atom stereocenters. The number of rotatable bonds is 24. The molecule has 0 aliphatic carbocycles. The van der Waals surface area contributed by atoms with Crippen molar-refractivity contribution in [2.24, 2.45) is 0 Å². The second-order valence-corrected chi connectivity index (χ2v) is 12.9. The lowest BCUT2D eigenvalue weighted by atomic mass is 10.0. The maximum absolute atomic E-state index is 12.7. The Balaban J connectivity index is 1.29. The minimum absolute atomic E-state index is 0.0774. The van der Waals surface area contributed by atoms with E-state index in [0.717, 1.165) is 42.7 Å². The lowest BCUT2D eigenvalue weighted by molar-refractivity contribution is 0.0627. The van der Waals surface area contributed by atoms with Crippen LogP contribution >= 0.6 is 0 Å². The molecule has 2 atom stereocenters. The van der Waals surface area contributed by atoms with Gasteiger partial charge in [-0.1, -0.05) is 140 Å². The molecule has 0 saturated carbocycles. The Morgan fingerprint density at radius 1 is 0.565 bits per heavy atom. The SMILES string of the molecule is CCCCCCCCCCCCCCCCOC(C)c1ccc(-c2ccc(C(=O)Oc3ccc(OC(C)CCC)cc3)cc2)cc1. The molecule has 3 aromatic rings. The number of hydrogen-bond acceptors (Lipinski definition) is 4. The van der Waals surface area contributed by atoms with E-state index in [-0.39, 0.29) is 18.2 Å². The average molecular weight is 629 g/mol. The summed E-state index contributed by atoms with van der Waals surface area (Å²) in [5, 5.41) is 0. The van der Waals surface area contributed by atoms with Crippen LogP contribution in [0.3, 0.4) is 0 Å². The van der Waals surface area contributed by atoms with Crippen LogP contribution in [0.4, 0.5) is 0 Å². The molecule has 0 amide bonds. The molecule has 3 aromatic carbocycles. The minimum Gasteiger partial charge on any atom is -0.491 e. The van der Waals surface area contributed by atoms with Gasteiger partial charge in [0.25, 0.3) is 0 Å². The highest BCUT2D eigenvalue weighted by atomic mass is 16.5. The predicted octanol–water partition coefficient (Wildman–Crippen LogP) is 12.7. The number of carbonyl (C=O) groups is 1. The van der Waals surface area contributed by atoms with Gasteiger partial charge in [0.05, 0.1) is 17.8 Å². The lowest BCUT2D eigenvalue weighted by Crippen LogP contribution is -2.11. The van der Waals surface area contributed by atoms with Crippen LogP contribution in [-0.4, -0.2) is 18.7 Å². The van der Waals surface area contributed by atoms with E-state index < -0.39 is 0 Å². The smallest absolute Gasteiger partial charge is 0.343 e. The second-order valence-electron chi connectivity index (χ2n) is 12.9. The topological polar surface area (TPSA) is 44.8 Å². The van der Waals surface area contributed by atoms with Crippen LogP contribution in [0.25, 0.3) is 11.1 Å². The molecule has 0 aliphatic heterocycles. The van der Waals surface area contributed by atoms with E-state index in [9.17, 15) is 4.79 Å². The van der Waals surface area contributed by atoms with E-state index in [4.69, 9.17) is 14.2 Å². The third kappa shape index (κ3) is 14.5. The largest absolute Gasteiger partial charge is 0.491 e. The Morgan fingerprint density at radius 3 is 1.57 bits per heavy atom. The van der Waals surface area contributed by atoms with Crippen molar-refractivity contribution in [1.29, 1.82) is 0 Å². The maximum atomic E-state index is 12.7. The van der Waals surface area contributed by atoms with Crippen LogP contribution in [0.2, 0.25) is 0 Å². The van der Waals surface area contributed by atoms with Crippen molar-refractivity contribution in [3.63, 3.8) is 0 Å². The Hall–Kier alpha value is -3.11. The summed E-state index contributed by atoms with van der Waals surface area (Å²) in [6, 6.07) is 23.3. The third-order valence-corrected chi connectivity index (χ3v) is 8.77. The summed E-state index contributed by atoms with van der Waals surface area (Å²) in [7, 11) is 0. The molecule has 252 valence electrons. The Kier molecular flexibility index (Phi) is 18.2. The number of carbonyl (C=O) groups excluding carboxylic acids is 1. The molecule has 4 heteroatoms. The van der Waals surface area contributed by atoms with Crippen molar-refractivity contribution >= 4 is 5.97 Å². The molecule has 0 spiro atoms. The highest BCUT2D eigenvalue weighted by molar-refractivity contribution is 5.91. The number of ether oxygens (including phenoxy) is 3.